The van der Waals surface area contributed by atoms with Gasteiger partial charge in [0.05, 0.1) is 10.0 Å². The van der Waals surface area contributed by atoms with Crippen LogP contribution in [0.15, 0.2) is 46.2 Å². The minimum absolute atomic E-state index is 0.664. The maximum atomic E-state index is 6.38. The summed E-state index contributed by atoms with van der Waals surface area (Å²) in [6.07, 6.45) is 2.53. The van der Waals surface area contributed by atoms with E-state index in [4.69, 9.17) is 34.8 Å². The van der Waals surface area contributed by atoms with Crippen LogP contribution < -0.4 is 5.32 Å². The van der Waals surface area contributed by atoms with Crippen LogP contribution in [0.3, 0.4) is 0 Å². The first-order valence-electron chi connectivity index (χ1n) is 6.77. The van der Waals surface area contributed by atoms with Crippen molar-refractivity contribution in [3.05, 3.63) is 57.0 Å². The quantitative estimate of drug-likeness (QED) is 0.698. The fraction of sp³-hybridized carbons (Fsp3) is 0.250. The summed E-state index contributed by atoms with van der Waals surface area (Å²) in [5.41, 5.74) is 1.19. The van der Waals surface area contributed by atoms with Crippen molar-refractivity contribution in [1.29, 1.82) is 0 Å². The van der Waals surface area contributed by atoms with E-state index in [2.05, 4.69) is 11.4 Å². The van der Waals surface area contributed by atoms with Crippen LogP contribution in [-0.2, 0) is 6.54 Å². The van der Waals surface area contributed by atoms with Crippen molar-refractivity contribution in [1.82, 2.24) is 5.32 Å². The van der Waals surface area contributed by atoms with E-state index in [9.17, 15) is 0 Å². The van der Waals surface area contributed by atoms with Gasteiger partial charge in [-0.05, 0) is 42.7 Å². The highest BCUT2D eigenvalue weighted by atomic mass is 35.5. The molecule has 110 valence electrons. The van der Waals surface area contributed by atoms with Gasteiger partial charge < -0.3 is 5.32 Å². The molecular formula is C16H14Cl3NS. The Hall–Kier alpha value is -0.380. The Morgan fingerprint density at radius 1 is 1.05 bits per heavy atom. The summed E-state index contributed by atoms with van der Waals surface area (Å²) in [5.74, 6) is 0. The van der Waals surface area contributed by atoms with E-state index in [1.807, 2.05) is 24.3 Å². The van der Waals surface area contributed by atoms with Gasteiger partial charge in [-0.3, -0.25) is 0 Å². The van der Waals surface area contributed by atoms with Gasteiger partial charge in [-0.25, -0.2) is 0 Å². The normalized spacial score (nSPS) is 14.4. The number of hydrogen-bond donors (Lipinski definition) is 1. The molecule has 2 aromatic rings. The van der Waals surface area contributed by atoms with Gasteiger partial charge in [0.15, 0.2) is 0 Å². The summed E-state index contributed by atoms with van der Waals surface area (Å²) in [6.45, 7) is 0.825. The van der Waals surface area contributed by atoms with Crippen LogP contribution >= 0.6 is 46.6 Å². The molecule has 0 atom stereocenters. The van der Waals surface area contributed by atoms with E-state index in [1.54, 1.807) is 17.8 Å². The van der Waals surface area contributed by atoms with Crippen LogP contribution in [0.4, 0.5) is 0 Å². The Balaban J connectivity index is 1.87. The Bertz CT molecular complexity index is 656. The zero-order valence-corrected chi connectivity index (χ0v) is 14.3. The zero-order chi connectivity index (χ0) is 14.8. The van der Waals surface area contributed by atoms with Crippen molar-refractivity contribution in [2.45, 2.75) is 35.2 Å². The van der Waals surface area contributed by atoms with Crippen molar-refractivity contribution in [2.75, 3.05) is 0 Å². The Labute approximate surface area is 144 Å². The van der Waals surface area contributed by atoms with Gasteiger partial charge >= 0.3 is 0 Å². The van der Waals surface area contributed by atoms with E-state index in [1.165, 1.54) is 18.4 Å². The molecule has 2 aromatic carbocycles. The van der Waals surface area contributed by atoms with Crippen LogP contribution in [0.5, 0.6) is 0 Å². The molecular weight excluding hydrogens is 345 g/mol. The van der Waals surface area contributed by atoms with E-state index in [0.29, 0.717) is 16.1 Å². The molecule has 1 aliphatic carbocycles. The average Bonchev–Trinajstić information content (AvgIpc) is 3.27. The van der Waals surface area contributed by atoms with Crippen LogP contribution in [0.2, 0.25) is 15.1 Å². The molecule has 1 saturated carbocycles. The summed E-state index contributed by atoms with van der Waals surface area (Å²) in [4.78, 5) is 1.96. The van der Waals surface area contributed by atoms with Crippen molar-refractivity contribution in [2.24, 2.45) is 0 Å². The predicted octanol–water partition coefficient (Wildman–Crippen LogP) is 6.05. The Morgan fingerprint density at radius 2 is 1.86 bits per heavy atom. The predicted molar refractivity (Wildman–Crippen MR) is 91.9 cm³/mol. The smallest absolute Gasteiger partial charge is 0.0548 e. The number of halogens is 3. The molecule has 3 rings (SSSR count). The lowest BCUT2D eigenvalue weighted by Crippen LogP contribution is -2.15. The van der Waals surface area contributed by atoms with Crippen LogP contribution in [0.25, 0.3) is 0 Å². The van der Waals surface area contributed by atoms with Gasteiger partial charge in [0.25, 0.3) is 0 Å². The Morgan fingerprint density at radius 3 is 2.62 bits per heavy atom. The third kappa shape index (κ3) is 4.08. The molecule has 0 aromatic heterocycles. The maximum absolute atomic E-state index is 6.38. The lowest BCUT2D eigenvalue weighted by Gasteiger charge is -2.13. The minimum Gasteiger partial charge on any atom is -0.310 e. The molecule has 1 fully saturated rings. The van der Waals surface area contributed by atoms with Crippen LogP contribution in [0, 0.1) is 0 Å². The summed E-state index contributed by atoms with van der Waals surface area (Å²) < 4.78 is 0. The second-order valence-corrected chi connectivity index (χ2v) is 7.36. The first-order valence-corrected chi connectivity index (χ1v) is 8.72. The molecule has 1 N–H and O–H groups in total. The van der Waals surface area contributed by atoms with E-state index in [-0.39, 0.29) is 0 Å². The number of hydrogen-bond acceptors (Lipinski definition) is 2. The SMILES string of the molecule is Clc1ccc(Cl)c(Sc2c(Cl)cccc2CNC2CC2)c1. The van der Waals surface area contributed by atoms with Gasteiger partial charge in [0, 0.05) is 27.4 Å². The van der Waals surface area contributed by atoms with Gasteiger partial charge in [0.1, 0.15) is 0 Å². The molecule has 0 unspecified atom stereocenters. The summed E-state index contributed by atoms with van der Waals surface area (Å²) in [5, 5.41) is 5.62. The van der Waals surface area contributed by atoms with Crippen molar-refractivity contribution in [3.8, 4) is 0 Å². The monoisotopic (exact) mass is 357 g/mol. The van der Waals surface area contributed by atoms with Gasteiger partial charge in [0.2, 0.25) is 0 Å². The number of benzene rings is 2. The summed E-state index contributed by atoms with van der Waals surface area (Å²) >= 11 is 20.2. The third-order valence-corrected chi connectivity index (χ3v) is 5.66. The van der Waals surface area contributed by atoms with E-state index in [0.717, 1.165) is 21.4 Å². The molecule has 5 heteroatoms. The lowest BCUT2D eigenvalue weighted by atomic mass is 10.2. The number of rotatable bonds is 5. The minimum atomic E-state index is 0.664. The van der Waals surface area contributed by atoms with Crippen molar-refractivity contribution < 1.29 is 0 Å². The molecule has 0 bridgehead atoms. The lowest BCUT2D eigenvalue weighted by molar-refractivity contribution is 0.680. The average molecular weight is 359 g/mol. The van der Waals surface area contributed by atoms with Crippen molar-refractivity contribution >= 4 is 46.6 Å². The van der Waals surface area contributed by atoms with Crippen LogP contribution in [-0.4, -0.2) is 6.04 Å². The third-order valence-electron chi connectivity index (χ3n) is 3.31. The molecule has 0 amide bonds. The molecule has 0 radical (unpaired) electrons. The molecule has 0 spiro atoms. The fourth-order valence-corrected chi connectivity index (χ4v) is 3.80. The second-order valence-electron chi connectivity index (χ2n) is 5.06. The summed E-state index contributed by atoms with van der Waals surface area (Å²) in [7, 11) is 0. The fourth-order valence-electron chi connectivity index (χ4n) is 2.01. The highest BCUT2D eigenvalue weighted by Gasteiger charge is 2.21. The standard InChI is InChI=1S/C16H14Cl3NS/c17-11-4-7-13(18)15(8-11)21-16-10(2-1-3-14(16)19)9-20-12-5-6-12/h1-4,7-8,12,20H,5-6,9H2. The number of nitrogens with one attached hydrogen (secondary N) is 1. The van der Waals surface area contributed by atoms with Gasteiger partial charge in [-0.15, -0.1) is 0 Å². The first kappa shape index (κ1) is 15.5. The first-order chi connectivity index (χ1) is 10.1. The molecule has 0 aliphatic heterocycles. The largest absolute Gasteiger partial charge is 0.310 e. The Kier molecular flexibility index (Phi) is 5.03. The molecule has 1 nitrogen and oxygen atoms in total. The van der Waals surface area contributed by atoms with E-state index < -0.39 is 0 Å². The molecule has 1 aliphatic rings. The molecule has 0 saturated heterocycles. The molecule has 21 heavy (non-hydrogen) atoms. The van der Waals surface area contributed by atoms with Crippen LogP contribution in [0.1, 0.15) is 18.4 Å². The topological polar surface area (TPSA) is 12.0 Å². The summed E-state index contributed by atoms with van der Waals surface area (Å²) in [6, 6.07) is 12.1. The molecule has 0 heterocycles. The maximum Gasteiger partial charge on any atom is 0.0548 e. The van der Waals surface area contributed by atoms with Gasteiger partial charge in [-0.2, -0.15) is 0 Å². The van der Waals surface area contributed by atoms with Crippen molar-refractivity contribution in [3.63, 3.8) is 0 Å². The highest BCUT2D eigenvalue weighted by molar-refractivity contribution is 7.99. The second kappa shape index (κ2) is 6.80. The highest BCUT2D eigenvalue weighted by Crippen LogP contribution is 2.40. The zero-order valence-electron chi connectivity index (χ0n) is 11.2. The van der Waals surface area contributed by atoms with Gasteiger partial charge in [-0.1, -0.05) is 58.7 Å². The van der Waals surface area contributed by atoms with E-state index >= 15 is 0 Å².